The molecule has 16 heavy (non-hydrogen) atoms. The lowest BCUT2D eigenvalue weighted by atomic mass is 9.90. The normalized spacial score (nSPS) is 11.8. The SMILES string of the molecule is Cc1ccc(-n2cc(C(C)(C)C)cn2)nc1. The summed E-state index contributed by atoms with van der Waals surface area (Å²) in [5.74, 6) is 0.862. The van der Waals surface area contributed by atoms with Crippen molar-refractivity contribution in [3.8, 4) is 5.82 Å². The zero-order valence-electron chi connectivity index (χ0n) is 10.2. The van der Waals surface area contributed by atoms with E-state index in [2.05, 4.69) is 30.9 Å². The Morgan fingerprint density at radius 2 is 1.88 bits per heavy atom. The monoisotopic (exact) mass is 215 g/mol. The van der Waals surface area contributed by atoms with Crippen LogP contribution in [0.15, 0.2) is 30.7 Å². The molecule has 2 aromatic heterocycles. The van der Waals surface area contributed by atoms with Crippen molar-refractivity contribution in [1.29, 1.82) is 0 Å². The molecule has 2 heterocycles. The van der Waals surface area contributed by atoms with Crippen LogP contribution in [-0.2, 0) is 5.41 Å². The van der Waals surface area contributed by atoms with Crippen LogP contribution in [-0.4, -0.2) is 14.8 Å². The molecule has 84 valence electrons. The van der Waals surface area contributed by atoms with Crippen molar-refractivity contribution in [2.45, 2.75) is 33.1 Å². The van der Waals surface area contributed by atoms with Crippen molar-refractivity contribution < 1.29 is 0 Å². The molecule has 2 aromatic rings. The van der Waals surface area contributed by atoms with E-state index < -0.39 is 0 Å². The first-order valence-electron chi connectivity index (χ1n) is 5.45. The molecular weight excluding hydrogens is 198 g/mol. The summed E-state index contributed by atoms with van der Waals surface area (Å²) in [5.41, 5.74) is 2.50. The first-order chi connectivity index (χ1) is 7.47. The largest absolute Gasteiger partial charge is 0.237 e. The Morgan fingerprint density at radius 1 is 1.12 bits per heavy atom. The minimum absolute atomic E-state index is 0.128. The van der Waals surface area contributed by atoms with Crippen LogP contribution in [0.4, 0.5) is 0 Å². The summed E-state index contributed by atoms with van der Waals surface area (Å²) in [6, 6.07) is 4.02. The third-order valence-electron chi connectivity index (χ3n) is 2.58. The molecule has 0 spiro atoms. The van der Waals surface area contributed by atoms with E-state index in [0.717, 1.165) is 11.4 Å². The molecule has 0 bridgehead atoms. The number of pyridine rings is 1. The average molecular weight is 215 g/mol. The number of aromatic nitrogens is 3. The van der Waals surface area contributed by atoms with Gasteiger partial charge in [-0.25, -0.2) is 9.67 Å². The highest BCUT2D eigenvalue weighted by molar-refractivity contribution is 5.26. The van der Waals surface area contributed by atoms with E-state index in [0.29, 0.717) is 0 Å². The second-order valence-corrected chi connectivity index (χ2v) is 5.12. The minimum Gasteiger partial charge on any atom is -0.237 e. The summed E-state index contributed by atoms with van der Waals surface area (Å²) in [5, 5.41) is 4.34. The van der Waals surface area contributed by atoms with Gasteiger partial charge in [-0.3, -0.25) is 0 Å². The Morgan fingerprint density at radius 3 is 2.38 bits per heavy atom. The maximum atomic E-state index is 4.34. The van der Waals surface area contributed by atoms with Gasteiger partial charge in [0.25, 0.3) is 0 Å². The zero-order valence-corrected chi connectivity index (χ0v) is 10.2. The predicted octanol–water partition coefficient (Wildman–Crippen LogP) is 2.87. The molecule has 0 fully saturated rings. The standard InChI is InChI=1S/C13H17N3/c1-10-5-6-12(14-7-10)16-9-11(8-15-16)13(2,3)4/h5-9H,1-4H3. The van der Waals surface area contributed by atoms with E-state index in [9.17, 15) is 0 Å². The van der Waals surface area contributed by atoms with Crippen molar-refractivity contribution in [3.05, 3.63) is 41.9 Å². The summed E-state index contributed by atoms with van der Waals surface area (Å²) < 4.78 is 1.82. The lowest BCUT2D eigenvalue weighted by Gasteiger charge is -2.14. The topological polar surface area (TPSA) is 30.7 Å². The fourth-order valence-corrected chi connectivity index (χ4v) is 1.43. The lowest BCUT2D eigenvalue weighted by Crippen LogP contribution is -2.09. The molecule has 0 aliphatic carbocycles. The Labute approximate surface area is 96.1 Å². The van der Waals surface area contributed by atoms with E-state index in [1.165, 1.54) is 5.56 Å². The number of rotatable bonds is 1. The van der Waals surface area contributed by atoms with Crippen LogP contribution in [0.25, 0.3) is 5.82 Å². The molecule has 0 saturated carbocycles. The van der Waals surface area contributed by atoms with Crippen LogP contribution in [0.3, 0.4) is 0 Å². The van der Waals surface area contributed by atoms with Crippen molar-refractivity contribution in [1.82, 2.24) is 14.8 Å². The molecule has 0 amide bonds. The molecule has 0 aliphatic rings. The number of hydrogen-bond acceptors (Lipinski definition) is 2. The molecule has 3 nitrogen and oxygen atoms in total. The second-order valence-electron chi connectivity index (χ2n) is 5.12. The van der Waals surface area contributed by atoms with Crippen LogP contribution in [0, 0.1) is 6.92 Å². The molecule has 0 atom stereocenters. The third kappa shape index (κ3) is 2.13. The first-order valence-corrected chi connectivity index (χ1v) is 5.45. The lowest BCUT2D eigenvalue weighted by molar-refractivity contribution is 0.590. The molecule has 0 saturated heterocycles. The first kappa shape index (κ1) is 10.9. The van der Waals surface area contributed by atoms with E-state index in [1.54, 1.807) is 0 Å². The highest BCUT2D eigenvalue weighted by Gasteiger charge is 2.16. The second kappa shape index (κ2) is 3.74. The number of nitrogens with zero attached hydrogens (tertiary/aromatic N) is 3. The Balaban J connectivity index is 2.35. The maximum absolute atomic E-state index is 4.34. The van der Waals surface area contributed by atoms with Crippen LogP contribution >= 0.6 is 0 Å². The summed E-state index contributed by atoms with van der Waals surface area (Å²) in [7, 11) is 0. The summed E-state index contributed by atoms with van der Waals surface area (Å²) >= 11 is 0. The number of aryl methyl sites for hydroxylation is 1. The van der Waals surface area contributed by atoms with Crippen molar-refractivity contribution in [3.63, 3.8) is 0 Å². The van der Waals surface area contributed by atoms with Crippen molar-refractivity contribution >= 4 is 0 Å². The highest BCUT2D eigenvalue weighted by Crippen LogP contribution is 2.21. The number of hydrogen-bond donors (Lipinski definition) is 0. The molecule has 0 N–H and O–H groups in total. The van der Waals surface area contributed by atoms with Gasteiger partial charge in [-0.15, -0.1) is 0 Å². The van der Waals surface area contributed by atoms with Gasteiger partial charge in [0.2, 0.25) is 0 Å². The molecule has 3 heteroatoms. The van der Waals surface area contributed by atoms with E-state index in [1.807, 2.05) is 42.3 Å². The van der Waals surface area contributed by atoms with Gasteiger partial charge >= 0.3 is 0 Å². The molecular formula is C13H17N3. The maximum Gasteiger partial charge on any atom is 0.153 e. The molecule has 0 radical (unpaired) electrons. The molecule has 0 aromatic carbocycles. The van der Waals surface area contributed by atoms with Gasteiger partial charge in [-0.2, -0.15) is 5.10 Å². The summed E-state index contributed by atoms with van der Waals surface area (Å²) in [4.78, 5) is 4.34. The average Bonchev–Trinajstić information content (AvgIpc) is 2.67. The van der Waals surface area contributed by atoms with Gasteiger partial charge in [-0.05, 0) is 29.5 Å². The van der Waals surface area contributed by atoms with Crippen molar-refractivity contribution in [2.24, 2.45) is 0 Å². The molecule has 2 rings (SSSR count). The van der Waals surface area contributed by atoms with Crippen LogP contribution < -0.4 is 0 Å². The van der Waals surface area contributed by atoms with Crippen LogP contribution in [0.2, 0.25) is 0 Å². The summed E-state index contributed by atoms with van der Waals surface area (Å²) in [6.07, 6.45) is 5.80. The van der Waals surface area contributed by atoms with E-state index >= 15 is 0 Å². The van der Waals surface area contributed by atoms with Gasteiger partial charge in [0, 0.05) is 12.4 Å². The predicted molar refractivity (Wildman–Crippen MR) is 64.8 cm³/mol. The van der Waals surface area contributed by atoms with Crippen molar-refractivity contribution in [2.75, 3.05) is 0 Å². The smallest absolute Gasteiger partial charge is 0.153 e. The zero-order chi connectivity index (χ0) is 11.8. The van der Waals surface area contributed by atoms with Crippen LogP contribution in [0.5, 0.6) is 0 Å². The minimum atomic E-state index is 0.128. The van der Waals surface area contributed by atoms with Gasteiger partial charge in [0.05, 0.1) is 6.20 Å². The quantitative estimate of drug-likeness (QED) is 0.732. The Bertz CT molecular complexity index is 475. The fraction of sp³-hybridized carbons (Fsp3) is 0.385. The fourth-order valence-electron chi connectivity index (χ4n) is 1.43. The van der Waals surface area contributed by atoms with E-state index in [-0.39, 0.29) is 5.41 Å². The highest BCUT2D eigenvalue weighted by atomic mass is 15.3. The van der Waals surface area contributed by atoms with Gasteiger partial charge in [0.1, 0.15) is 0 Å². The Hall–Kier alpha value is -1.64. The molecule has 0 aliphatic heterocycles. The van der Waals surface area contributed by atoms with E-state index in [4.69, 9.17) is 0 Å². The third-order valence-corrected chi connectivity index (χ3v) is 2.58. The summed E-state index contributed by atoms with van der Waals surface area (Å²) in [6.45, 7) is 8.56. The Kier molecular flexibility index (Phi) is 2.54. The molecule has 0 unspecified atom stereocenters. The van der Waals surface area contributed by atoms with Crippen LogP contribution in [0.1, 0.15) is 31.9 Å². The van der Waals surface area contributed by atoms with Gasteiger partial charge < -0.3 is 0 Å². The van der Waals surface area contributed by atoms with Gasteiger partial charge in [0.15, 0.2) is 5.82 Å². The van der Waals surface area contributed by atoms with Gasteiger partial charge in [-0.1, -0.05) is 26.8 Å².